The molecule has 0 bridgehead atoms. The molecule has 0 aliphatic carbocycles. The second-order valence-electron chi connectivity index (χ2n) is 4.04. The molecule has 0 aliphatic heterocycles. The van der Waals surface area contributed by atoms with E-state index in [1.54, 1.807) is 0 Å². The maximum atomic E-state index is 10.9. The smallest absolute Gasteiger partial charge is 0.281 e. The van der Waals surface area contributed by atoms with Gasteiger partial charge in [0.15, 0.2) is 0 Å². The molecule has 1 unspecified atom stereocenters. The minimum Gasteiger partial charge on any atom is -0.399 e. The van der Waals surface area contributed by atoms with Gasteiger partial charge in [0.2, 0.25) is 8.38 Å². The highest BCUT2D eigenvalue weighted by molar-refractivity contribution is 7.55. The lowest BCUT2D eigenvalue weighted by atomic mass is 10.2. The number of benzene rings is 2. The third kappa shape index (κ3) is 5.07. The molecule has 22 heavy (non-hydrogen) atoms. The minimum absolute atomic E-state index is 0.112. The molecule has 0 saturated carbocycles. The quantitative estimate of drug-likeness (QED) is 0.381. The van der Waals surface area contributed by atoms with Crippen LogP contribution in [0.5, 0.6) is 0 Å². The van der Waals surface area contributed by atoms with Crippen LogP contribution in [0.25, 0.3) is 0 Å². The fourth-order valence-corrected chi connectivity index (χ4v) is 2.65. The van der Waals surface area contributed by atoms with Crippen molar-refractivity contribution in [3.05, 3.63) is 64.2 Å². The molecule has 0 spiro atoms. The van der Waals surface area contributed by atoms with Crippen molar-refractivity contribution in [2.45, 2.75) is 20.5 Å². The maximum absolute atomic E-state index is 10.9. The molecule has 118 valence electrons. The van der Waals surface area contributed by atoms with Crippen LogP contribution in [0.4, 0.5) is 11.4 Å². The van der Waals surface area contributed by atoms with Gasteiger partial charge in [-0.2, -0.15) is 0 Å². The molecule has 7 heteroatoms. The number of hydrogen-bond acceptors (Lipinski definition) is 5. The number of hydrogen-bond donors (Lipinski definition) is 2. The predicted octanol–water partition coefficient (Wildman–Crippen LogP) is 3.35. The molecule has 2 rings (SSSR count). The Bertz CT molecular complexity index is 608. The monoisotopic (exact) mass is 322 g/mol. The molecule has 0 heterocycles. The van der Waals surface area contributed by atoms with E-state index in [1.165, 1.54) is 18.2 Å². The van der Waals surface area contributed by atoms with Gasteiger partial charge in [0, 0.05) is 11.8 Å². The number of nitrogens with zero attached hydrogens (tertiary/aromatic N) is 1. The summed E-state index contributed by atoms with van der Waals surface area (Å²) in [5, 5.41) is 11.0. The highest BCUT2D eigenvalue weighted by atomic mass is 31.2. The van der Waals surface area contributed by atoms with Gasteiger partial charge >= 0.3 is 0 Å². The van der Waals surface area contributed by atoms with E-state index in [0.29, 0.717) is 5.69 Å². The average molecular weight is 322 g/mol. The first-order valence-corrected chi connectivity index (χ1v) is 7.99. The van der Waals surface area contributed by atoms with Crippen LogP contribution < -0.4 is 11.0 Å². The van der Waals surface area contributed by atoms with Crippen LogP contribution in [-0.4, -0.2) is 9.82 Å². The van der Waals surface area contributed by atoms with Crippen LogP contribution in [0.2, 0.25) is 0 Å². The lowest BCUT2D eigenvalue weighted by Crippen LogP contribution is -2.10. The summed E-state index contributed by atoms with van der Waals surface area (Å²) < 4.78 is 5.32. The first kappa shape index (κ1) is 18.0. The van der Waals surface area contributed by atoms with Crippen molar-refractivity contribution in [1.82, 2.24) is 0 Å². The van der Waals surface area contributed by atoms with Crippen molar-refractivity contribution in [2.75, 3.05) is 5.73 Å². The standard InChI is InChI=1S/C13H13N2O4P.C2H6/c14-11-6-7-12(15(16)17)13(8-11)20(18)19-9-10-4-2-1-3-5-10;1-2/h1-8,18H,9,14H2;1-2H3. The van der Waals surface area contributed by atoms with Gasteiger partial charge in [-0.3, -0.25) is 10.1 Å². The molecule has 0 radical (unpaired) electrons. The molecule has 2 aromatic rings. The Morgan fingerprint density at radius 1 is 1.23 bits per heavy atom. The van der Waals surface area contributed by atoms with Gasteiger partial charge in [-0.05, 0) is 17.7 Å². The molecular formula is C15H19N2O4P. The molecule has 2 aromatic carbocycles. The zero-order chi connectivity index (χ0) is 16.5. The Kier molecular flexibility index (Phi) is 7.46. The number of rotatable bonds is 5. The molecule has 0 aliphatic rings. The highest BCUT2D eigenvalue weighted by Gasteiger charge is 2.22. The third-order valence-electron chi connectivity index (χ3n) is 2.60. The summed E-state index contributed by atoms with van der Waals surface area (Å²) in [5.41, 5.74) is 6.62. The van der Waals surface area contributed by atoms with Crippen LogP contribution in [0.15, 0.2) is 48.5 Å². The first-order chi connectivity index (χ1) is 10.6. The number of nitrogens with two attached hydrogens (primary N) is 1. The molecule has 0 amide bonds. The zero-order valence-corrected chi connectivity index (χ0v) is 13.4. The Hall–Kier alpha value is -2.01. The van der Waals surface area contributed by atoms with E-state index in [0.717, 1.165) is 5.56 Å². The normalized spacial score (nSPS) is 11.2. The first-order valence-electron chi connectivity index (χ1n) is 6.77. The van der Waals surface area contributed by atoms with Gasteiger partial charge in [-0.15, -0.1) is 0 Å². The molecule has 0 fully saturated rings. The Labute approximate surface area is 130 Å². The van der Waals surface area contributed by atoms with Gasteiger partial charge in [0.1, 0.15) is 5.30 Å². The molecule has 3 N–H and O–H groups in total. The Morgan fingerprint density at radius 3 is 2.45 bits per heavy atom. The number of nitro benzene ring substituents is 1. The summed E-state index contributed by atoms with van der Waals surface area (Å²) in [5.74, 6) is 0. The lowest BCUT2D eigenvalue weighted by Gasteiger charge is -2.12. The van der Waals surface area contributed by atoms with Gasteiger partial charge < -0.3 is 15.2 Å². The second-order valence-corrected chi connectivity index (χ2v) is 5.32. The van der Waals surface area contributed by atoms with E-state index in [9.17, 15) is 15.0 Å². The summed E-state index contributed by atoms with van der Waals surface area (Å²) in [6.45, 7) is 4.18. The van der Waals surface area contributed by atoms with Crippen LogP contribution >= 0.6 is 8.38 Å². The van der Waals surface area contributed by atoms with Gasteiger partial charge in [-0.1, -0.05) is 44.2 Å². The number of anilines is 1. The van der Waals surface area contributed by atoms with Gasteiger partial charge in [0.25, 0.3) is 5.69 Å². The predicted molar refractivity (Wildman–Crippen MR) is 88.9 cm³/mol. The molecule has 0 saturated heterocycles. The van der Waals surface area contributed by atoms with E-state index in [-0.39, 0.29) is 17.6 Å². The van der Waals surface area contributed by atoms with Crippen molar-refractivity contribution in [1.29, 1.82) is 0 Å². The summed E-state index contributed by atoms with van der Waals surface area (Å²) in [6.07, 6.45) is 0. The Morgan fingerprint density at radius 2 is 1.86 bits per heavy atom. The average Bonchev–Trinajstić information content (AvgIpc) is 2.55. The summed E-state index contributed by atoms with van der Waals surface area (Å²) in [7, 11) is -2.09. The van der Waals surface area contributed by atoms with Crippen molar-refractivity contribution in [3.63, 3.8) is 0 Å². The Balaban J connectivity index is 0.00000116. The fourth-order valence-electron chi connectivity index (χ4n) is 1.63. The fraction of sp³-hybridized carbons (Fsp3) is 0.200. The summed E-state index contributed by atoms with van der Waals surface area (Å²) in [4.78, 5) is 20.4. The van der Waals surface area contributed by atoms with Gasteiger partial charge in [-0.25, -0.2) is 0 Å². The largest absolute Gasteiger partial charge is 0.399 e. The second kappa shape index (κ2) is 9.10. The van der Waals surface area contributed by atoms with E-state index >= 15 is 0 Å². The van der Waals surface area contributed by atoms with Crippen molar-refractivity contribution in [2.24, 2.45) is 0 Å². The minimum atomic E-state index is -2.09. The topological polar surface area (TPSA) is 98.6 Å². The SMILES string of the molecule is CC.Nc1ccc([N+](=O)[O-])c(P(O)OCc2ccccc2)c1. The van der Waals surface area contributed by atoms with E-state index in [2.05, 4.69) is 0 Å². The van der Waals surface area contributed by atoms with Crippen molar-refractivity contribution in [3.8, 4) is 0 Å². The molecule has 0 aromatic heterocycles. The van der Waals surface area contributed by atoms with Crippen molar-refractivity contribution >= 4 is 25.1 Å². The maximum Gasteiger partial charge on any atom is 0.281 e. The molecule has 6 nitrogen and oxygen atoms in total. The van der Waals surface area contributed by atoms with Crippen LogP contribution in [0.1, 0.15) is 19.4 Å². The summed E-state index contributed by atoms with van der Waals surface area (Å²) >= 11 is 0. The summed E-state index contributed by atoms with van der Waals surface area (Å²) in [6, 6.07) is 13.3. The number of nitrogen functional groups attached to an aromatic ring is 1. The van der Waals surface area contributed by atoms with E-state index in [4.69, 9.17) is 10.3 Å². The van der Waals surface area contributed by atoms with Gasteiger partial charge in [0.05, 0.1) is 11.5 Å². The van der Waals surface area contributed by atoms with Crippen LogP contribution in [-0.2, 0) is 11.1 Å². The highest BCUT2D eigenvalue weighted by Crippen LogP contribution is 2.36. The number of nitro groups is 1. The molecule has 1 atom stereocenters. The zero-order valence-electron chi connectivity index (χ0n) is 12.5. The van der Waals surface area contributed by atoms with E-state index in [1.807, 2.05) is 44.2 Å². The van der Waals surface area contributed by atoms with E-state index < -0.39 is 13.3 Å². The van der Waals surface area contributed by atoms with Crippen molar-refractivity contribution < 1.29 is 14.3 Å². The van der Waals surface area contributed by atoms with Crippen LogP contribution in [0.3, 0.4) is 0 Å². The lowest BCUT2D eigenvalue weighted by molar-refractivity contribution is -0.383. The third-order valence-corrected chi connectivity index (χ3v) is 3.74. The molecular weight excluding hydrogens is 303 g/mol. The van der Waals surface area contributed by atoms with Crippen LogP contribution in [0, 0.1) is 10.1 Å².